The van der Waals surface area contributed by atoms with Crippen LogP contribution in [-0.4, -0.2) is 74.0 Å². The Labute approximate surface area is 187 Å². The average Bonchev–Trinajstić information content (AvgIpc) is 3.41. The molecule has 0 radical (unpaired) electrons. The van der Waals surface area contributed by atoms with E-state index in [1.165, 1.54) is 22.8 Å². The van der Waals surface area contributed by atoms with Gasteiger partial charge in [0.2, 0.25) is 0 Å². The minimum atomic E-state index is -4.95. The molecule has 1 saturated heterocycles. The zero-order chi connectivity index (χ0) is 23.9. The third kappa shape index (κ3) is 4.32. The molecule has 2 aromatic heterocycles. The Balaban J connectivity index is 1.51. The van der Waals surface area contributed by atoms with Crippen LogP contribution in [0, 0.1) is 0 Å². The van der Waals surface area contributed by atoms with Gasteiger partial charge in [-0.1, -0.05) is 0 Å². The van der Waals surface area contributed by atoms with Crippen molar-refractivity contribution in [2.24, 2.45) is 19.1 Å². The summed E-state index contributed by atoms with van der Waals surface area (Å²) in [5.41, 5.74) is 4.20. The van der Waals surface area contributed by atoms with E-state index in [0.29, 0.717) is 16.3 Å². The van der Waals surface area contributed by atoms with Crippen LogP contribution in [-0.2, 0) is 40.2 Å². The summed E-state index contributed by atoms with van der Waals surface area (Å²) in [5.74, 6) is 0.0804. The number of aromatic nitrogens is 4. The number of aryl methyl sites for hydroxylation is 2. The van der Waals surface area contributed by atoms with Crippen molar-refractivity contribution < 1.29 is 31.7 Å². The number of amidine groups is 1. The first kappa shape index (κ1) is 22.5. The van der Waals surface area contributed by atoms with E-state index in [1.807, 2.05) is 0 Å². The molecule has 2 aliphatic rings. The van der Waals surface area contributed by atoms with Crippen LogP contribution < -0.4 is 10.8 Å². The van der Waals surface area contributed by atoms with E-state index >= 15 is 0 Å². The highest BCUT2D eigenvalue weighted by Crippen LogP contribution is 2.44. The second kappa shape index (κ2) is 8.34. The standard InChI is InChI=1S/C16H21N9O7S/c1-17-14(21-31-15(26)18-4-9-5-19-22(2)7-9)13-12-10(6-20-23(12)3)11-8-24(13)16(27)25(11)32-33(28,29)30/h5-7,11,13H,4,8H2,1-3H3,(H,17,21)(H,18,26)(H,28,29,30). The quantitative estimate of drug-likeness (QED) is 0.210. The van der Waals surface area contributed by atoms with Crippen LogP contribution in [0.5, 0.6) is 0 Å². The maximum atomic E-state index is 12.9. The molecule has 2 unspecified atom stereocenters. The Morgan fingerprint density at radius 1 is 1.33 bits per heavy atom. The topological polar surface area (TPSA) is 186 Å². The molecule has 4 rings (SSSR count). The van der Waals surface area contributed by atoms with Crippen LogP contribution in [0.15, 0.2) is 23.6 Å². The Bertz CT molecular complexity index is 1220. The molecule has 2 aliphatic heterocycles. The lowest BCUT2D eigenvalue weighted by Crippen LogP contribution is -2.45. The van der Waals surface area contributed by atoms with Crippen molar-refractivity contribution in [3.8, 4) is 0 Å². The number of urea groups is 1. The van der Waals surface area contributed by atoms with Gasteiger partial charge >= 0.3 is 22.5 Å². The number of rotatable bonds is 5. The van der Waals surface area contributed by atoms with Crippen LogP contribution >= 0.6 is 0 Å². The van der Waals surface area contributed by atoms with Crippen molar-refractivity contribution in [2.75, 3.05) is 13.6 Å². The Morgan fingerprint density at radius 2 is 2.09 bits per heavy atom. The second-order valence-corrected chi connectivity index (χ2v) is 8.27. The minimum Gasteiger partial charge on any atom is -0.323 e. The molecular formula is C16H21N9O7S. The number of fused-ring (bicyclic) bond motifs is 4. The number of carbonyl (C=O) groups excluding carboxylic acids is 2. The van der Waals surface area contributed by atoms with Gasteiger partial charge in [-0.3, -0.25) is 18.9 Å². The number of amides is 3. The van der Waals surface area contributed by atoms with Gasteiger partial charge in [0.05, 0.1) is 24.6 Å². The highest BCUT2D eigenvalue weighted by Gasteiger charge is 2.53. The summed E-state index contributed by atoms with van der Waals surface area (Å²) in [5, 5.41) is 11.3. The zero-order valence-corrected chi connectivity index (χ0v) is 18.6. The Hall–Kier alpha value is -3.70. The summed E-state index contributed by atoms with van der Waals surface area (Å²) < 4.78 is 39.1. The number of nitrogens with one attached hydrogen (secondary N) is 2. The molecule has 2 aromatic rings. The van der Waals surface area contributed by atoms with Crippen molar-refractivity contribution in [3.63, 3.8) is 0 Å². The van der Waals surface area contributed by atoms with Gasteiger partial charge in [-0.15, -0.1) is 4.28 Å². The van der Waals surface area contributed by atoms with Crippen molar-refractivity contribution >= 4 is 28.4 Å². The van der Waals surface area contributed by atoms with Crippen molar-refractivity contribution in [1.29, 1.82) is 0 Å². The van der Waals surface area contributed by atoms with E-state index in [4.69, 9.17) is 9.39 Å². The minimum absolute atomic E-state index is 0.0195. The normalized spacial score (nSPS) is 20.1. The number of carbonyl (C=O) groups is 2. The summed E-state index contributed by atoms with van der Waals surface area (Å²) in [6.45, 7) is 0.197. The summed E-state index contributed by atoms with van der Waals surface area (Å²) >= 11 is 0. The predicted molar refractivity (Wildman–Crippen MR) is 108 cm³/mol. The Morgan fingerprint density at radius 3 is 2.73 bits per heavy atom. The largest absolute Gasteiger partial charge is 0.431 e. The van der Waals surface area contributed by atoms with E-state index in [1.54, 1.807) is 31.2 Å². The molecule has 3 amide bonds. The molecule has 16 nitrogen and oxygen atoms in total. The SMILES string of the molecule is CN=C(NOC(=O)NCc1cnn(C)c1)C1c2c(cnn2C)C2CN1C(=O)N2OS(=O)(=O)O. The molecular weight excluding hydrogens is 462 g/mol. The molecule has 0 spiro atoms. The molecule has 3 N–H and O–H groups in total. The maximum Gasteiger partial charge on any atom is 0.431 e. The van der Waals surface area contributed by atoms with Gasteiger partial charge in [0.15, 0.2) is 5.84 Å². The lowest BCUT2D eigenvalue weighted by Gasteiger charge is -2.31. The lowest BCUT2D eigenvalue weighted by atomic mass is 9.97. The number of hydroxylamine groups is 3. The molecule has 2 atom stereocenters. The fourth-order valence-electron chi connectivity index (χ4n) is 3.80. The van der Waals surface area contributed by atoms with Gasteiger partial charge in [-0.05, 0) is 0 Å². The fraction of sp³-hybridized carbons (Fsp3) is 0.438. The summed E-state index contributed by atoms with van der Waals surface area (Å²) in [7, 11) is -0.144. The van der Waals surface area contributed by atoms with E-state index in [9.17, 15) is 18.0 Å². The summed E-state index contributed by atoms with van der Waals surface area (Å²) in [4.78, 5) is 35.4. The zero-order valence-electron chi connectivity index (χ0n) is 17.7. The van der Waals surface area contributed by atoms with Crippen LogP contribution in [0.25, 0.3) is 0 Å². The van der Waals surface area contributed by atoms with Gasteiger partial charge in [0, 0.05) is 45.0 Å². The summed E-state index contributed by atoms with van der Waals surface area (Å²) in [6.07, 6.45) is 3.98. The molecule has 0 aliphatic carbocycles. The third-order valence-corrected chi connectivity index (χ3v) is 5.50. The van der Waals surface area contributed by atoms with E-state index in [0.717, 1.165) is 5.56 Å². The Kier molecular flexibility index (Phi) is 5.68. The number of hydrogen-bond acceptors (Lipinski definition) is 9. The predicted octanol–water partition coefficient (Wildman–Crippen LogP) is -0.819. The molecule has 33 heavy (non-hydrogen) atoms. The second-order valence-electron chi connectivity index (χ2n) is 7.27. The number of hydrogen-bond donors (Lipinski definition) is 3. The van der Waals surface area contributed by atoms with E-state index in [-0.39, 0.29) is 18.9 Å². The van der Waals surface area contributed by atoms with Crippen LogP contribution in [0.3, 0.4) is 0 Å². The van der Waals surface area contributed by atoms with Crippen LogP contribution in [0.2, 0.25) is 0 Å². The van der Waals surface area contributed by atoms with Gasteiger partial charge in [-0.2, -0.15) is 23.7 Å². The molecule has 0 aromatic carbocycles. The fourth-order valence-corrected chi connectivity index (χ4v) is 4.17. The molecule has 2 bridgehead atoms. The molecule has 1 fully saturated rings. The van der Waals surface area contributed by atoms with Crippen LogP contribution in [0.1, 0.15) is 28.9 Å². The van der Waals surface area contributed by atoms with E-state index in [2.05, 4.69) is 30.3 Å². The first-order valence-corrected chi connectivity index (χ1v) is 10.9. The van der Waals surface area contributed by atoms with Gasteiger partial charge < -0.3 is 15.1 Å². The van der Waals surface area contributed by atoms with Crippen LogP contribution in [0.4, 0.5) is 9.59 Å². The van der Waals surface area contributed by atoms with Gasteiger partial charge in [0.1, 0.15) is 12.1 Å². The first-order chi connectivity index (χ1) is 15.6. The molecule has 0 saturated carbocycles. The third-order valence-electron chi connectivity index (χ3n) is 5.15. The van der Waals surface area contributed by atoms with Crippen molar-refractivity contribution in [3.05, 3.63) is 35.4 Å². The number of nitrogens with zero attached hydrogens (tertiary/aromatic N) is 7. The molecule has 4 heterocycles. The van der Waals surface area contributed by atoms with Crippen molar-refractivity contribution in [2.45, 2.75) is 18.6 Å². The molecule has 178 valence electrons. The monoisotopic (exact) mass is 483 g/mol. The highest BCUT2D eigenvalue weighted by molar-refractivity contribution is 7.80. The number of aliphatic imine (C=N–C) groups is 1. The van der Waals surface area contributed by atoms with E-state index < -0.39 is 34.6 Å². The average molecular weight is 483 g/mol. The smallest absolute Gasteiger partial charge is 0.323 e. The van der Waals surface area contributed by atoms with Gasteiger partial charge in [-0.25, -0.2) is 15.1 Å². The lowest BCUT2D eigenvalue weighted by molar-refractivity contribution is -0.0316. The molecule has 17 heteroatoms. The first-order valence-electron chi connectivity index (χ1n) is 9.52. The summed E-state index contributed by atoms with van der Waals surface area (Å²) in [6, 6.07) is -2.56. The van der Waals surface area contributed by atoms with Crippen molar-refractivity contribution in [1.82, 2.24) is 40.3 Å². The van der Waals surface area contributed by atoms with Gasteiger partial charge in [0.25, 0.3) is 0 Å². The highest BCUT2D eigenvalue weighted by atomic mass is 32.3. The maximum absolute atomic E-state index is 12.9.